The zero-order valence-corrected chi connectivity index (χ0v) is 12.1. The average molecular weight is 331 g/mol. The van der Waals surface area contributed by atoms with Gasteiger partial charge in [-0.25, -0.2) is 4.79 Å². The van der Waals surface area contributed by atoms with Crippen LogP contribution in [0.4, 0.5) is 0 Å². The van der Waals surface area contributed by atoms with Crippen LogP contribution in [0.2, 0.25) is 0 Å². The van der Waals surface area contributed by atoms with Crippen LogP contribution in [-0.4, -0.2) is 29.4 Å². The normalized spacial score (nSPS) is 15.7. The van der Waals surface area contributed by atoms with Crippen molar-refractivity contribution in [1.82, 2.24) is 0 Å². The number of hydrogen-bond acceptors (Lipinski definition) is 4. The SMILES string of the molecule is CCc1c(C(O)C(=O)O)cc(Br)c2c1OCCCO2. The molecule has 0 saturated carbocycles. The first-order valence-electron chi connectivity index (χ1n) is 6.08. The molecule has 0 aliphatic carbocycles. The Labute approximate surface area is 119 Å². The molecular formula is C13H15BrO5. The van der Waals surface area contributed by atoms with Crippen molar-refractivity contribution in [2.24, 2.45) is 0 Å². The molecule has 104 valence electrons. The predicted octanol–water partition coefficient (Wildman–Crippen LogP) is 2.29. The Hall–Kier alpha value is -1.27. The molecule has 1 aliphatic rings. The Morgan fingerprint density at radius 3 is 2.63 bits per heavy atom. The van der Waals surface area contributed by atoms with Gasteiger partial charge in [-0.15, -0.1) is 0 Å². The molecule has 1 unspecified atom stereocenters. The molecule has 2 N–H and O–H groups in total. The summed E-state index contributed by atoms with van der Waals surface area (Å²) in [5.74, 6) is -0.170. The molecule has 19 heavy (non-hydrogen) atoms. The first-order valence-corrected chi connectivity index (χ1v) is 6.87. The fraction of sp³-hybridized carbons (Fsp3) is 0.462. The van der Waals surface area contributed by atoms with Crippen molar-refractivity contribution in [3.8, 4) is 11.5 Å². The van der Waals surface area contributed by atoms with Crippen LogP contribution in [0.25, 0.3) is 0 Å². The van der Waals surface area contributed by atoms with E-state index in [1.807, 2.05) is 6.92 Å². The zero-order valence-electron chi connectivity index (χ0n) is 10.5. The third-order valence-electron chi connectivity index (χ3n) is 2.99. The third kappa shape index (κ3) is 2.69. The summed E-state index contributed by atoms with van der Waals surface area (Å²) < 4.78 is 11.9. The van der Waals surface area contributed by atoms with Crippen LogP contribution in [0.15, 0.2) is 10.5 Å². The molecule has 0 fully saturated rings. The first-order chi connectivity index (χ1) is 9.06. The second-order valence-corrected chi connectivity index (χ2v) is 5.08. The van der Waals surface area contributed by atoms with Gasteiger partial charge in [-0.3, -0.25) is 0 Å². The fourth-order valence-corrected chi connectivity index (χ4v) is 2.64. The van der Waals surface area contributed by atoms with Gasteiger partial charge in [0.2, 0.25) is 0 Å². The van der Waals surface area contributed by atoms with Crippen molar-refractivity contribution in [1.29, 1.82) is 0 Å². The minimum Gasteiger partial charge on any atom is -0.489 e. The van der Waals surface area contributed by atoms with Crippen molar-refractivity contribution in [2.45, 2.75) is 25.9 Å². The van der Waals surface area contributed by atoms with E-state index in [1.165, 1.54) is 0 Å². The van der Waals surface area contributed by atoms with Crippen LogP contribution >= 0.6 is 15.9 Å². The number of carboxylic acid groups (broad SMARTS) is 1. The van der Waals surface area contributed by atoms with Crippen LogP contribution in [-0.2, 0) is 11.2 Å². The highest BCUT2D eigenvalue weighted by atomic mass is 79.9. The van der Waals surface area contributed by atoms with E-state index in [1.54, 1.807) is 6.07 Å². The highest BCUT2D eigenvalue weighted by Gasteiger charge is 2.27. The van der Waals surface area contributed by atoms with Crippen LogP contribution in [0.5, 0.6) is 11.5 Å². The van der Waals surface area contributed by atoms with Gasteiger partial charge < -0.3 is 19.7 Å². The molecule has 0 spiro atoms. The largest absolute Gasteiger partial charge is 0.489 e. The zero-order chi connectivity index (χ0) is 14.0. The van der Waals surface area contributed by atoms with Gasteiger partial charge in [0, 0.05) is 12.0 Å². The Morgan fingerprint density at radius 1 is 1.42 bits per heavy atom. The maximum Gasteiger partial charge on any atom is 0.337 e. The molecule has 1 heterocycles. The molecule has 0 amide bonds. The number of carbonyl (C=O) groups is 1. The number of aliphatic hydroxyl groups is 1. The highest BCUT2D eigenvalue weighted by Crippen LogP contribution is 2.43. The quantitative estimate of drug-likeness (QED) is 0.889. The predicted molar refractivity (Wildman–Crippen MR) is 71.7 cm³/mol. The maximum absolute atomic E-state index is 11.0. The number of aliphatic carboxylic acids is 1. The topological polar surface area (TPSA) is 76.0 Å². The fourth-order valence-electron chi connectivity index (χ4n) is 2.10. The number of aliphatic hydroxyl groups excluding tert-OH is 1. The number of rotatable bonds is 3. The minimum absolute atomic E-state index is 0.339. The number of benzene rings is 1. The first kappa shape index (κ1) is 14.1. The van der Waals surface area contributed by atoms with Crippen molar-refractivity contribution in [3.05, 3.63) is 21.7 Å². The summed E-state index contributed by atoms with van der Waals surface area (Å²) >= 11 is 3.34. The molecule has 0 aromatic heterocycles. The summed E-state index contributed by atoms with van der Waals surface area (Å²) in [4.78, 5) is 11.0. The van der Waals surface area contributed by atoms with Gasteiger partial charge in [-0.05, 0) is 34.0 Å². The highest BCUT2D eigenvalue weighted by molar-refractivity contribution is 9.10. The van der Waals surface area contributed by atoms with E-state index in [9.17, 15) is 9.90 Å². The van der Waals surface area contributed by atoms with Crippen LogP contribution in [0.3, 0.4) is 0 Å². The van der Waals surface area contributed by atoms with Crippen molar-refractivity contribution < 1.29 is 24.5 Å². The van der Waals surface area contributed by atoms with E-state index in [2.05, 4.69) is 15.9 Å². The van der Waals surface area contributed by atoms with Gasteiger partial charge in [0.05, 0.1) is 17.7 Å². The Morgan fingerprint density at radius 2 is 2.05 bits per heavy atom. The van der Waals surface area contributed by atoms with E-state index < -0.39 is 12.1 Å². The lowest BCUT2D eigenvalue weighted by atomic mass is 9.98. The van der Waals surface area contributed by atoms with Crippen LogP contribution in [0, 0.1) is 0 Å². The summed E-state index contributed by atoms with van der Waals surface area (Å²) in [5, 5.41) is 18.8. The lowest BCUT2D eigenvalue weighted by Gasteiger charge is -2.19. The Bertz CT molecular complexity index is 500. The molecule has 1 atom stereocenters. The van der Waals surface area contributed by atoms with Gasteiger partial charge in [0.25, 0.3) is 0 Å². The van der Waals surface area contributed by atoms with E-state index in [0.29, 0.717) is 46.7 Å². The van der Waals surface area contributed by atoms with E-state index in [4.69, 9.17) is 14.6 Å². The summed E-state index contributed by atoms with van der Waals surface area (Å²) in [7, 11) is 0. The van der Waals surface area contributed by atoms with Gasteiger partial charge >= 0.3 is 5.97 Å². The second kappa shape index (κ2) is 5.79. The number of carboxylic acids is 1. The van der Waals surface area contributed by atoms with Crippen LogP contribution < -0.4 is 9.47 Å². The van der Waals surface area contributed by atoms with Crippen molar-refractivity contribution >= 4 is 21.9 Å². The van der Waals surface area contributed by atoms with Crippen molar-refractivity contribution in [3.63, 3.8) is 0 Å². The molecule has 1 aliphatic heterocycles. The number of hydrogen-bond donors (Lipinski definition) is 2. The molecule has 1 aromatic carbocycles. The molecule has 1 aromatic rings. The average Bonchev–Trinajstić information content (AvgIpc) is 2.63. The number of fused-ring (bicyclic) bond motifs is 1. The second-order valence-electron chi connectivity index (χ2n) is 4.23. The van der Waals surface area contributed by atoms with E-state index in [-0.39, 0.29) is 0 Å². The van der Waals surface area contributed by atoms with Gasteiger partial charge in [0.1, 0.15) is 0 Å². The standard InChI is InChI=1S/C13H15BrO5/c1-2-7-8(10(15)13(16)17)6-9(14)12-11(7)18-4-3-5-19-12/h6,10,15H,2-5H2,1H3,(H,16,17). The minimum atomic E-state index is -1.57. The smallest absolute Gasteiger partial charge is 0.337 e. The van der Waals surface area contributed by atoms with E-state index in [0.717, 1.165) is 6.42 Å². The number of ether oxygens (including phenoxy) is 2. The van der Waals surface area contributed by atoms with E-state index >= 15 is 0 Å². The molecule has 0 radical (unpaired) electrons. The summed E-state index contributed by atoms with van der Waals surface area (Å²) in [6.07, 6.45) is -0.247. The maximum atomic E-state index is 11.0. The van der Waals surface area contributed by atoms with Crippen molar-refractivity contribution in [2.75, 3.05) is 13.2 Å². The summed E-state index contributed by atoms with van der Waals surface area (Å²) in [5.41, 5.74) is 1.01. The van der Waals surface area contributed by atoms with Gasteiger partial charge in [-0.2, -0.15) is 0 Å². The third-order valence-corrected chi connectivity index (χ3v) is 3.58. The molecule has 2 rings (SSSR count). The Kier molecular flexibility index (Phi) is 4.31. The molecule has 0 saturated heterocycles. The molecular weight excluding hydrogens is 316 g/mol. The summed E-state index contributed by atoms with van der Waals surface area (Å²) in [6, 6.07) is 1.59. The van der Waals surface area contributed by atoms with Gasteiger partial charge in [-0.1, -0.05) is 6.92 Å². The Balaban J connectivity index is 2.60. The lowest BCUT2D eigenvalue weighted by Crippen LogP contribution is -2.14. The van der Waals surface area contributed by atoms with Gasteiger partial charge in [0.15, 0.2) is 17.6 Å². The number of halogens is 1. The lowest BCUT2D eigenvalue weighted by molar-refractivity contribution is -0.147. The summed E-state index contributed by atoms with van der Waals surface area (Å²) in [6.45, 7) is 2.95. The molecule has 5 nitrogen and oxygen atoms in total. The molecule has 6 heteroatoms. The van der Waals surface area contributed by atoms with Crippen LogP contribution in [0.1, 0.15) is 30.6 Å². The monoisotopic (exact) mass is 330 g/mol. The molecule has 0 bridgehead atoms.